The molecule has 0 aliphatic carbocycles. The van der Waals surface area contributed by atoms with E-state index in [1.165, 1.54) is 6.40 Å². The predicted molar refractivity (Wildman–Crippen MR) is 66.2 cm³/mol. The van der Waals surface area contributed by atoms with Crippen molar-refractivity contribution < 1.29 is 9.53 Å². The Bertz CT molecular complexity index is 455. The number of aliphatic imine (C=N–C) groups is 1. The van der Waals surface area contributed by atoms with Crippen molar-refractivity contribution in [3.05, 3.63) is 30.1 Å². The van der Waals surface area contributed by atoms with Gasteiger partial charge < -0.3 is 9.64 Å². The lowest BCUT2D eigenvalue weighted by molar-refractivity contribution is -0.133. The smallest absolute Gasteiger partial charge is 0.251 e. The molecular weight excluding hydrogens is 230 g/mol. The molecule has 2 aliphatic heterocycles. The first-order valence-corrected chi connectivity index (χ1v) is 6.22. The molecule has 1 fully saturated rings. The molecule has 5 heteroatoms. The Morgan fingerprint density at radius 2 is 2.00 bits per heavy atom. The Kier molecular flexibility index (Phi) is 2.96. The highest BCUT2D eigenvalue weighted by Crippen LogP contribution is 2.28. The van der Waals surface area contributed by atoms with Gasteiger partial charge in [-0.2, -0.15) is 0 Å². The van der Waals surface area contributed by atoms with Gasteiger partial charge in [-0.25, -0.2) is 4.99 Å². The van der Waals surface area contributed by atoms with Gasteiger partial charge in [-0.3, -0.25) is 9.78 Å². The second-order valence-electron chi connectivity index (χ2n) is 4.57. The standard InChI is InChI=1S/C13H15N3O2/c17-13(16-7-1-2-8-16)11-12(18-9-15-11)10-3-5-14-6-4-10/h3-6,9,11-12H,1-2,7-8H2/t11-,12?/m0/s1. The molecule has 1 amide bonds. The average molecular weight is 245 g/mol. The molecule has 1 aromatic heterocycles. The van der Waals surface area contributed by atoms with Crippen LogP contribution in [-0.4, -0.2) is 41.3 Å². The van der Waals surface area contributed by atoms with E-state index in [1.807, 2.05) is 17.0 Å². The van der Waals surface area contributed by atoms with Crippen molar-refractivity contribution in [2.75, 3.05) is 13.1 Å². The van der Waals surface area contributed by atoms with Crippen LogP contribution >= 0.6 is 0 Å². The van der Waals surface area contributed by atoms with E-state index in [1.54, 1.807) is 12.4 Å². The molecule has 1 saturated heterocycles. The number of aromatic nitrogens is 1. The summed E-state index contributed by atoms with van der Waals surface area (Å²) in [5.41, 5.74) is 0.944. The zero-order valence-electron chi connectivity index (χ0n) is 10.0. The number of carbonyl (C=O) groups is 1. The summed E-state index contributed by atoms with van der Waals surface area (Å²) >= 11 is 0. The molecule has 1 aromatic rings. The van der Waals surface area contributed by atoms with Gasteiger partial charge in [0.05, 0.1) is 0 Å². The molecule has 0 saturated carbocycles. The fourth-order valence-electron chi connectivity index (χ4n) is 2.45. The Balaban J connectivity index is 1.78. The molecule has 94 valence electrons. The van der Waals surface area contributed by atoms with Crippen molar-refractivity contribution >= 4 is 12.3 Å². The summed E-state index contributed by atoms with van der Waals surface area (Å²) in [6.45, 7) is 1.68. The Hall–Kier alpha value is -1.91. The second kappa shape index (κ2) is 4.76. The summed E-state index contributed by atoms with van der Waals surface area (Å²) < 4.78 is 5.47. The average Bonchev–Trinajstić information content (AvgIpc) is 3.10. The number of ether oxygens (including phenoxy) is 1. The highest BCUT2D eigenvalue weighted by atomic mass is 16.5. The van der Waals surface area contributed by atoms with Gasteiger partial charge in [0.15, 0.2) is 18.5 Å². The number of amides is 1. The maximum atomic E-state index is 12.3. The van der Waals surface area contributed by atoms with Crippen LogP contribution in [-0.2, 0) is 9.53 Å². The molecule has 0 radical (unpaired) electrons. The van der Waals surface area contributed by atoms with Crippen LogP contribution in [0.5, 0.6) is 0 Å². The third-order valence-corrected chi connectivity index (χ3v) is 3.42. The number of hydrogen-bond donors (Lipinski definition) is 0. The molecule has 0 aromatic carbocycles. The van der Waals surface area contributed by atoms with Crippen molar-refractivity contribution in [1.82, 2.24) is 9.88 Å². The first kappa shape index (κ1) is 11.2. The number of rotatable bonds is 2. The van der Waals surface area contributed by atoms with Gasteiger partial charge in [-0.15, -0.1) is 0 Å². The molecule has 2 atom stereocenters. The molecule has 3 rings (SSSR count). The van der Waals surface area contributed by atoms with E-state index in [9.17, 15) is 4.79 Å². The quantitative estimate of drug-likeness (QED) is 0.786. The van der Waals surface area contributed by atoms with Gasteiger partial charge in [0.25, 0.3) is 5.91 Å². The van der Waals surface area contributed by atoms with Crippen molar-refractivity contribution in [3.63, 3.8) is 0 Å². The van der Waals surface area contributed by atoms with Crippen molar-refractivity contribution in [2.45, 2.75) is 25.0 Å². The van der Waals surface area contributed by atoms with Crippen LogP contribution in [0, 0.1) is 0 Å². The maximum Gasteiger partial charge on any atom is 0.251 e. The Morgan fingerprint density at radius 1 is 1.28 bits per heavy atom. The normalized spacial score (nSPS) is 26.3. The number of pyridine rings is 1. The lowest BCUT2D eigenvalue weighted by Gasteiger charge is -2.22. The van der Waals surface area contributed by atoms with Gasteiger partial charge >= 0.3 is 0 Å². The van der Waals surface area contributed by atoms with Crippen molar-refractivity contribution in [3.8, 4) is 0 Å². The molecule has 0 N–H and O–H groups in total. The molecular formula is C13H15N3O2. The lowest BCUT2D eigenvalue weighted by Crippen LogP contribution is -2.38. The molecule has 3 heterocycles. The van der Waals surface area contributed by atoms with Crippen LogP contribution in [0.3, 0.4) is 0 Å². The Labute approximate surface area is 105 Å². The van der Waals surface area contributed by atoms with E-state index in [2.05, 4.69) is 9.98 Å². The van der Waals surface area contributed by atoms with Crippen LogP contribution in [0.15, 0.2) is 29.5 Å². The zero-order chi connectivity index (χ0) is 12.4. The summed E-state index contributed by atoms with van der Waals surface area (Å²) in [7, 11) is 0. The van der Waals surface area contributed by atoms with Crippen LogP contribution in [0.2, 0.25) is 0 Å². The minimum absolute atomic E-state index is 0.0723. The minimum Gasteiger partial charge on any atom is -0.473 e. The third kappa shape index (κ3) is 1.96. The van der Waals surface area contributed by atoms with E-state index < -0.39 is 6.04 Å². The lowest BCUT2D eigenvalue weighted by atomic mass is 10.0. The fourth-order valence-corrected chi connectivity index (χ4v) is 2.45. The van der Waals surface area contributed by atoms with Crippen LogP contribution in [0.4, 0.5) is 0 Å². The van der Waals surface area contributed by atoms with Gasteiger partial charge in [-0.1, -0.05) is 0 Å². The van der Waals surface area contributed by atoms with Crippen molar-refractivity contribution in [1.29, 1.82) is 0 Å². The van der Waals surface area contributed by atoms with Gasteiger partial charge in [0.2, 0.25) is 0 Å². The van der Waals surface area contributed by atoms with Crippen LogP contribution < -0.4 is 0 Å². The van der Waals surface area contributed by atoms with E-state index in [0.29, 0.717) is 0 Å². The summed E-state index contributed by atoms with van der Waals surface area (Å²) in [6.07, 6.45) is 6.67. The highest BCUT2D eigenvalue weighted by Gasteiger charge is 2.37. The molecule has 2 aliphatic rings. The second-order valence-corrected chi connectivity index (χ2v) is 4.57. The maximum absolute atomic E-state index is 12.3. The van der Waals surface area contributed by atoms with Gasteiger partial charge in [0.1, 0.15) is 0 Å². The number of nitrogens with zero attached hydrogens (tertiary/aromatic N) is 3. The van der Waals surface area contributed by atoms with Gasteiger partial charge in [0, 0.05) is 25.5 Å². The summed E-state index contributed by atoms with van der Waals surface area (Å²) in [5.74, 6) is 0.0723. The Morgan fingerprint density at radius 3 is 2.72 bits per heavy atom. The predicted octanol–water partition coefficient (Wildman–Crippen LogP) is 1.17. The topological polar surface area (TPSA) is 54.8 Å². The first-order chi connectivity index (χ1) is 8.86. The molecule has 5 nitrogen and oxygen atoms in total. The minimum atomic E-state index is -0.439. The van der Waals surface area contributed by atoms with E-state index in [-0.39, 0.29) is 12.0 Å². The highest BCUT2D eigenvalue weighted by molar-refractivity contribution is 5.85. The first-order valence-electron chi connectivity index (χ1n) is 6.22. The van der Waals surface area contributed by atoms with Crippen LogP contribution in [0.25, 0.3) is 0 Å². The van der Waals surface area contributed by atoms with Gasteiger partial charge in [-0.05, 0) is 30.5 Å². The van der Waals surface area contributed by atoms with E-state index in [0.717, 1.165) is 31.5 Å². The third-order valence-electron chi connectivity index (χ3n) is 3.42. The van der Waals surface area contributed by atoms with Crippen molar-refractivity contribution in [2.24, 2.45) is 4.99 Å². The fraction of sp³-hybridized carbons (Fsp3) is 0.462. The van der Waals surface area contributed by atoms with E-state index >= 15 is 0 Å². The zero-order valence-corrected chi connectivity index (χ0v) is 10.0. The molecule has 18 heavy (non-hydrogen) atoms. The monoisotopic (exact) mass is 245 g/mol. The molecule has 1 unspecified atom stereocenters. The van der Waals surface area contributed by atoms with E-state index in [4.69, 9.17) is 4.74 Å². The summed E-state index contributed by atoms with van der Waals surface area (Å²) in [5, 5.41) is 0. The number of carbonyl (C=O) groups excluding carboxylic acids is 1. The molecule has 0 bridgehead atoms. The number of hydrogen-bond acceptors (Lipinski definition) is 4. The number of likely N-dealkylation sites (tertiary alicyclic amines) is 1. The SMILES string of the molecule is O=C([C@H]1N=COC1c1ccncc1)N1CCCC1. The summed E-state index contributed by atoms with van der Waals surface area (Å²) in [6, 6.07) is 3.29. The van der Waals surface area contributed by atoms with Crippen LogP contribution in [0.1, 0.15) is 24.5 Å². The largest absolute Gasteiger partial charge is 0.473 e. The molecule has 0 spiro atoms. The summed E-state index contributed by atoms with van der Waals surface area (Å²) in [4.78, 5) is 22.4.